The van der Waals surface area contributed by atoms with Crippen molar-refractivity contribution >= 4 is 23.2 Å². The molecule has 2 aromatic rings. The highest BCUT2D eigenvalue weighted by Gasteiger charge is 2.36. The van der Waals surface area contributed by atoms with E-state index in [1.54, 1.807) is 0 Å². The topological polar surface area (TPSA) is 79.7 Å². The van der Waals surface area contributed by atoms with Gasteiger partial charge in [0.2, 0.25) is 5.91 Å². The van der Waals surface area contributed by atoms with Gasteiger partial charge in [-0.2, -0.15) is 0 Å². The summed E-state index contributed by atoms with van der Waals surface area (Å²) in [5, 5.41) is 12.5. The molecule has 6 nitrogen and oxygen atoms in total. The number of benzene rings is 1. The SMILES string of the molecule is COC(=O)[C@@H]1C[C@H](O)CCN1C(=O)Cc1csc(-c2ccccc2)n1. The molecule has 0 aliphatic carbocycles. The molecule has 0 bridgehead atoms. The Morgan fingerprint density at radius 3 is 2.84 bits per heavy atom. The predicted octanol–water partition coefficient (Wildman–Crippen LogP) is 1.88. The van der Waals surface area contributed by atoms with Crippen LogP contribution in [0.1, 0.15) is 18.5 Å². The standard InChI is InChI=1S/C18H20N2O4S/c1-24-18(23)15-10-14(21)7-8-20(15)16(22)9-13-11-25-17(19-13)12-5-3-2-4-6-12/h2-6,11,14-15,21H,7-10H2,1H3/t14-,15+/m1/s1. The van der Waals surface area contributed by atoms with Gasteiger partial charge in [-0.05, 0) is 6.42 Å². The number of aliphatic hydroxyl groups excluding tert-OH is 1. The van der Waals surface area contributed by atoms with Gasteiger partial charge in [-0.1, -0.05) is 30.3 Å². The second-order valence-corrected chi connectivity index (χ2v) is 6.85. The minimum absolute atomic E-state index is 0.132. The third-order valence-electron chi connectivity index (χ3n) is 4.27. The van der Waals surface area contributed by atoms with Crippen LogP contribution in [0.4, 0.5) is 0 Å². The van der Waals surface area contributed by atoms with Gasteiger partial charge in [-0.15, -0.1) is 11.3 Å². The van der Waals surface area contributed by atoms with Crippen molar-refractivity contribution in [3.05, 3.63) is 41.4 Å². The molecule has 0 spiro atoms. The van der Waals surface area contributed by atoms with Crippen molar-refractivity contribution in [2.45, 2.75) is 31.4 Å². The molecule has 1 fully saturated rings. The first-order valence-corrected chi connectivity index (χ1v) is 9.01. The third kappa shape index (κ3) is 4.05. The summed E-state index contributed by atoms with van der Waals surface area (Å²) in [5.41, 5.74) is 1.70. The minimum atomic E-state index is -0.728. The number of esters is 1. The molecule has 1 N–H and O–H groups in total. The molecular formula is C18H20N2O4S. The summed E-state index contributed by atoms with van der Waals surface area (Å²) in [7, 11) is 1.29. The van der Waals surface area contributed by atoms with Crippen molar-refractivity contribution in [1.29, 1.82) is 0 Å². The van der Waals surface area contributed by atoms with E-state index in [-0.39, 0.29) is 18.7 Å². The summed E-state index contributed by atoms with van der Waals surface area (Å²) in [6.07, 6.45) is 0.223. The molecule has 0 saturated carbocycles. The fraction of sp³-hybridized carbons (Fsp3) is 0.389. The molecule has 7 heteroatoms. The number of rotatable bonds is 4. The van der Waals surface area contributed by atoms with Gasteiger partial charge in [-0.25, -0.2) is 9.78 Å². The lowest BCUT2D eigenvalue weighted by Crippen LogP contribution is -2.52. The summed E-state index contributed by atoms with van der Waals surface area (Å²) < 4.78 is 4.77. The Labute approximate surface area is 150 Å². The number of methoxy groups -OCH3 is 1. The molecule has 25 heavy (non-hydrogen) atoms. The number of hydrogen-bond acceptors (Lipinski definition) is 6. The van der Waals surface area contributed by atoms with Crippen LogP contribution in [-0.4, -0.2) is 52.7 Å². The Hall–Kier alpha value is -2.25. The quantitative estimate of drug-likeness (QED) is 0.842. The fourth-order valence-corrected chi connectivity index (χ4v) is 3.79. The number of aliphatic hydroxyl groups is 1. The molecule has 1 aliphatic heterocycles. The third-order valence-corrected chi connectivity index (χ3v) is 5.21. The van der Waals surface area contributed by atoms with Gasteiger partial charge in [0.25, 0.3) is 0 Å². The lowest BCUT2D eigenvalue weighted by atomic mass is 9.99. The zero-order valence-electron chi connectivity index (χ0n) is 13.9. The van der Waals surface area contributed by atoms with E-state index in [4.69, 9.17) is 4.74 Å². The number of thiazole rings is 1. The van der Waals surface area contributed by atoms with Crippen molar-refractivity contribution in [2.24, 2.45) is 0 Å². The maximum absolute atomic E-state index is 12.7. The van der Waals surface area contributed by atoms with Gasteiger partial charge >= 0.3 is 5.97 Å². The molecular weight excluding hydrogens is 340 g/mol. The maximum Gasteiger partial charge on any atom is 0.328 e. The predicted molar refractivity (Wildman–Crippen MR) is 94.0 cm³/mol. The van der Waals surface area contributed by atoms with Crippen molar-refractivity contribution < 1.29 is 19.4 Å². The first kappa shape index (κ1) is 17.6. The lowest BCUT2D eigenvalue weighted by molar-refractivity contribution is -0.156. The van der Waals surface area contributed by atoms with Crippen LogP contribution in [0, 0.1) is 0 Å². The van der Waals surface area contributed by atoms with Crippen LogP contribution in [0.15, 0.2) is 35.7 Å². The van der Waals surface area contributed by atoms with Gasteiger partial charge in [0.05, 0.1) is 25.3 Å². The fourth-order valence-electron chi connectivity index (χ4n) is 2.96. The number of aromatic nitrogens is 1. The number of carbonyl (C=O) groups is 2. The molecule has 1 saturated heterocycles. The number of piperidine rings is 1. The molecule has 1 amide bonds. The maximum atomic E-state index is 12.7. The summed E-state index contributed by atoms with van der Waals surface area (Å²) in [6.45, 7) is 0.343. The Balaban J connectivity index is 1.71. The smallest absolute Gasteiger partial charge is 0.328 e. The lowest BCUT2D eigenvalue weighted by Gasteiger charge is -2.36. The van der Waals surface area contributed by atoms with E-state index in [9.17, 15) is 14.7 Å². The largest absolute Gasteiger partial charge is 0.467 e. The number of amides is 1. The van der Waals surface area contributed by atoms with Crippen LogP contribution in [0.3, 0.4) is 0 Å². The van der Waals surface area contributed by atoms with Crippen molar-refractivity contribution in [3.63, 3.8) is 0 Å². The van der Waals surface area contributed by atoms with Gasteiger partial charge in [0.15, 0.2) is 0 Å². The van der Waals surface area contributed by atoms with E-state index in [0.717, 1.165) is 10.6 Å². The summed E-state index contributed by atoms with van der Waals surface area (Å²) in [6, 6.07) is 9.06. The van der Waals surface area contributed by atoms with E-state index in [1.165, 1.54) is 23.3 Å². The number of carbonyl (C=O) groups excluding carboxylic acids is 2. The molecule has 1 aromatic carbocycles. The number of nitrogens with zero attached hydrogens (tertiary/aromatic N) is 2. The van der Waals surface area contributed by atoms with E-state index in [1.807, 2.05) is 35.7 Å². The number of likely N-dealkylation sites (tertiary alicyclic amines) is 1. The highest BCUT2D eigenvalue weighted by molar-refractivity contribution is 7.13. The van der Waals surface area contributed by atoms with E-state index >= 15 is 0 Å². The Morgan fingerprint density at radius 2 is 2.12 bits per heavy atom. The summed E-state index contributed by atoms with van der Waals surface area (Å²) >= 11 is 1.49. The Morgan fingerprint density at radius 1 is 1.36 bits per heavy atom. The number of hydrogen-bond donors (Lipinski definition) is 1. The zero-order chi connectivity index (χ0) is 17.8. The van der Waals surface area contributed by atoms with Gasteiger partial charge in [-0.3, -0.25) is 4.79 Å². The molecule has 3 rings (SSSR count). The van der Waals surface area contributed by atoms with Crippen molar-refractivity contribution in [2.75, 3.05) is 13.7 Å². The van der Waals surface area contributed by atoms with Crippen molar-refractivity contribution in [1.82, 2.24) is 9.88 Å². The number of ether oxygens (including phenoxy) is 1. The zero-order valence-corrected chi connectivity index (χ0v) is 14.7. The normalized spacial score (nSPS) is 20.3. The van der Waals surface area contributed by atoms with Crippen LogP contribution in [0.2, 0.25) is 0 Å². The molecule has 0 radical (unpaired) electrons. The van der Waals surface area contributed by atoms with Crippen molar-refractivity contribution in [3.8, 4) is 10.6 Å². The molecule has 1 aromatic heterocycles. The first-order chi connectivity index (χ1) is 12.1. The molecule has 132 valence electrons. The van der Waals surface area contributed by atoms with E-state index in [0.29, 0.717) is 18.7 Å². The highest BCUT2D eigenvalue weighted by atomic mass is 32.1. The second kappa shape index (κ2) is 7.76. The first-order valence-electron chi connectivity index (χ1n) is 8.13. The average molecular weight is 360 g/mol. The summed E-state index contributed by atoms with van der Waals surface area (Å²) in [4.78, 5) is 30.6. The van der Waals surface area contributed by atoms with Gasteiger partial charge in [0, 0.05) is 23.9 Å². The Bertz CT molecular complexity index is 747. The highest BCUT2D eigenvalue weighted by Crippen LogP contribution is 2.25. The minimum Gasteiger partial charge on any atom is -0.467 e. The molecule has 1 aliphatic rings. The van der Waals surface area contributed by atoms with E-state index in [2.05, 4.69) is 4.98 Å². The van der Waals surface area contributed by atoms with Gasteiger partial charge in [0.1, 0.15) is 11.0 Å². The second-order valence-electron chi connectivity index (χ2n) is 5.99. The van der Waals surface area contributed by atoms with Crippen LogP contribution < -0.4 is 0 Å². The average Bonchev–Trinajstić information content (AvgIpc) is 3.10. The molecule has 2 heterocycles. The molecule has 2 atom stereocenters. The van der Waals surface area contributed by atoms with Crippen LogP contribution >= 0.6 is 11.3 Å². The summed E-state index contributed by atoms with van der Waals surface area (Å²) in [5.74, 6) is -0.664. The van der Waals surface area contributed by atoms with Crippen LogP contribution in [0.5, 0.6) is 0 Å². The van der Waals surface area contributed by atoms with Crippen LogP contribution in [0.25, 0.3) is 10.6 Å². The van der Waals surface area contributed by atoms with Gasteiger partial charge < -0.3 is 14.7 Å². The molecule has 0 unspecified atom stereocenters. The monoisotopic (exact) mass is 360 g/mol. The Kier molecular flexibility index (Phi) is 5.45. The van der Waals surface area contributed by atoms with E-state index < -0.39 is 18.1 Å². The van der Waals surface area contributed by atoms with Crippen LogP contribution in [-0.2, 0) is 20.7 Å².